The molecule has 1 fully saturated rings. The van der Waals surface area contributed by atoms with Crippen LogP contribution in [0, 0.1) is 0 Å². The molecule has 2 aromatic heterocycles. The number of anilines is 1. The van der Waals surface area contributed by atoms with Crippen LogP contribution in [0.1, 0.15) is 44.1 Å². The summed E-state index contributed by atoms with van der Waals surface area (Å²) >= 11 is 3.21. The van der Waals surface area contributed by atoms with Crippen LogP contribution in [0.5, 0.6) is 0 Å². The second kappa shape index (κ2) is 11.4. The summed E-state index contributed by atoms with van der Waals surface area (Å²) < 4.78 is 7.15. The number of nitrogens with two attached hydrogens (primary N) is 1. The average molecular weight is 601 g/mol. The van der Waals surface area contributed by atoms with Gasteiger partial charge < -0.3 is 26.0 Å². The van der Waals surface area contributed by atoms with Crippen molar-refractivity contribution in [3.05, 3.63) is 47.0 Å². The van der Waals surface area contributed by atoms with Gasteiger partial charge in [-0.05, 0) is 55.6 Å². The largest absolute Gasteiger partial charge is 0.444 e. The predicted octanol–water partition coefficient (Wildman–Crippen LogP) is 2.21. The molecule has 1 aromatic carbocycles. The third-order valence-corrected chi connectivity index (χ3v) is 6.34. The molecule has 1 aliphatic rings. The van der Waals surface area contributed by atoms with E-state index in [1.165, 1.54) is 22.0 Å². The van der Waals surface area contributed by atoms with Gasteiger partial charge in [0.25, 0.3) is 5.91 Å². The topological polar surface area (TPSA) is 174 Å². The number of fused-ring (bicyclic) bond motifs is 1. The van der Waals surface area contributed by atoms with Gasteiger partial charge in [0.1, 0.15) is 23.3 Å². The van der Waals surface area contributed by atoms with Crippen molar-refractivity contribution in [2.75, 3.05) is 11.9 Å². The number of primary amides is 1. The van der Waals surface area contributed by atoms with E-state index in [0.717, 1.165) is 0 Å². The van der Waals surface area contributed by atoms with E-state index in [-0.39, 0.29) is 36.7 Å². The molecule has 4 amide bonds. The highest BCUT2D eigenvalue weighted by atomic mass is 79.9. The number of amides is 4. The third-order valence-electron chi connectivity index (χ3n) is 5.96. The average Bonchev–Trinajstić information content (AvgIpc) is 3.17. The minimum atomic E-state index is -0.709. The number of ether oxygens (including phenoxy) is 1. The SMILES string of the molecule is CC(C)(C)OC(=O)NC1CC(N(CC(=O)Nc2cncc(Br)n2)C(=O)Cn2nc(C(N)=O)c3ccccc32)C1. The maximum Gasteiger partial charge on any atom is 0.407 e. The minimum absolute atomic E-state index is 0.0567. The number of nitrogens with zero attached hydrogens (tertiary/aromatic N) is 5. The Kier molecular flexibility index (Phi) is 8.14. The summed E-state index contributed by atoms with van der Waals surface area (Å²) in [6.45, 7) is 4.82. The minimum Gasteiger partial charge on any atom is -0.444 e. The second-order valence-electron chi connectivity index (χ2n) is 10.2. The standard InChI is InChI=1S/C25H29BrN8O5/c1-25(2,3)39-24(38)29-14-8-15(9-14)33(12-20(35)31-19-11-28-10-18(26)30-19)21(36)13-34-17-7-5-4-6-16(17)22(32-34)23(27)37/h4-7,10-11,14-15H,8-9,12-13H2,1-3H3,(H2,27,37)(H,29,38)(H,30,31,35). The summed E-state index contributed by atoms with van der Waals surface area (Å²) in [5, 5.41) is 10.2. The van der Waals surface area contributed by atoms with E-state index in [4.69, 9.17) is 10.5 Å². The number of carbonyl (C=O) groups excluding carboxylic acids is 4. The predicted molar refractivity (Wildman–Crippen MR) is 145 cm³/mol. The summed E-state index contributed by atoms with van der Waals surface area (Å²) in [7, 11) is 0. The Balaban J connectivity index is 1.50. The fourth-order valence-corrected chi connectivity index (χ4v) is 4.55. The quantitative estimate of drug-likeness (QED) is 0.352. The number of benzene rings is 1. The van der Waals surface area contributed by atoms with Crippen LogP contribution in [0.2, 0.25) is 0 Å². The summed E-state index contributed by atoms with van der Waals surface area (Å²) in [5.74, 6) is -1.35. The highest BCUT2D eigenvalue weighted by Crippen LogP contribution is 2.27. The lowest BCUT2D eigenvalue weighted by molar-refractivity contribution is -0.140. The van der Waals surface area contributed by atoms with Crippen LogP contribution < -0.4 is 16.4 Å². The number of rotatable bonds is 8. The Labute approximate surface area is 232 Å². The number of alkyl carbamates (subject to hydrolysis) is 1. The Morgan fingerprint density at radius 1 is 1.18 bits per heavy atom. The summed E-state index contributed by atoms with van der Waals surface area (Å²) in [5.41, 5.74) is 5.46. The first-order valence-electron chi connectivity index (χ1n) is 12.2. The van der Waals surface area contributed by atoms with Crippen LogP contribution in [0.4, 0.5) is 10.6 Å². The van der Waals surface area contributed by atoms with Crippen LogP contribution in [0.15, 0.2) is 41.3 Å². The van der Waals surface area contributed by atoms with Crippen molar-refractivity contribution >= 4 is 56.5 Å². The number of aromatic nitrogens is 4. The van der Waals surface area contributed by atoms with Gasteiger partial charge in [-0.2, -0.15) is 5.10 Å². The van der Waals surface area contributed by atoms with Gasteiger partial charge in [0.15, 0.2) is 11.5 Å². The zero-order valence-electron chi connectivity index (χ0n) is 21.7. The molecule has 2 heterocycles. The molecule has 13 nitrogen and oxygen atoms in total. The fraction of sp³-hybridized carbons (Fsp3) is 0.400. The Morgan fingerprint density at radius 3 is 2.56 bits per heavy atom. The lowest BCUT2D eigenvalue weighted by atomic mass is 9.85. The van der Waals surface area contributed by atoms with E-state index in [2.05, 4.69) is 41.6 Å². The van der Waals surface area contributed by atoms with Crippen molar-refractivity contribution in [2.45, 2.75) is 57.8 Å². The van der Waals surface area contributed by atoms with Gasteiger partial charge >= 0.3 is 6.09 Å². The number of nitrogens with one attached hydrogen (secondary N) is 2. The van der Waals surface area contributed by atoms with E-state index in [1.54, 1.807) is 45.0 Å². The molecule has 4 rings (SSSR count). The normalized spacial score (nSPS) is 16.7. The highest BCUT2D eigenvalue weighted by molar-refractivity contribution is 9.10. The lowest BCUT2D eigenvalue weighted by Crippen LogP contribution is -2.57. The molecular weight excluding hydrogens is 572 g/mol. The van der Waals surface area contributed by atoms with Gasteiger partial charge in [0.05, 0.1) is 17.9 Å². The summed E-state index contributed by atoms with van der Waals surface area (Å²) in [4.78, 5) is 60.1. The van der Waals surface area contributed by atoms with Crippen molar-refractivity contribution in [1.29, 1.82) is 0 Å². The van der Waals surface area contributed by atoms with Gasteiger partial charge in [-0.3, -0.25) is 24.0 Å². The molecule has 0 spiro atoms. The fourth-order valence-electron chi connectivity index (χ4n) is 4.24. The first-order valence-corrected chi connectivity index (χ1v) is 13.0. The number of carbonyl (C=O) groups is 4. The number of para-hydroxylation sites is 1. The Bertz CT molecular complexity index is 1410. The van der Waals surface area contributed by atoms with Crippen molar-refractivity contribution < 1.29 is 23.9 Å². The third kappa shape index (κ3) is 7.07. The molecule has 0 saturated heterocycles. The van der Waals surface area contributed by atoms with Gasteiger partial charge in [-0.25, -0.2) is 9.78 Å². The zero-order chi connectivity index (χ0) is 28.3. The van der Waals surface area contributed by atoms with E-state index in [1.807, 2.05) is 0 Å². The molecular formula is C25H29BrN8O5. The van der Waals surface area contributed by atoms with Crippen LogP contribution >= 0.6 is 15.9 Å². The van der Waals surface area contributed by atoms with E-state index < -0.39 is 29.4 Å². The summed E-state index contributed by atoms with van der Waals surface area (Å²) in [6.07, 6.45) is 3.19. The Hall–Kier alpha value is -4.07. The second-order valence-corrected chi connectivity index (χ2v) is 11.0. The monoisotopic (exact) mass is 600 g/mol. The van der Waals surface area contributed by atoms with Crippen LogP contribution in [0.3, 0.4) is 0 Å². The molecule has 0 radical (unpaired) electrons. The first-order chi connectivity index (χ1) is 18.4. The van der Waals surface area contributed by atoms with Gasteiger partial charge in [-0.15, -0.1) is 0 Å². The van der Waals surface area contributed by atoms with Gasteiger partial charge in [0, 0.05) is 17.5 Å². The molecule has 14 heteroatoms. The zero-order valence-corrected chi connectivity index (χ0v) is 23.3. The van der Waals surface area contributed by atoms with Crippen LogP contribution in [-0.4, -0.2) is 72.7 Å². The van der Waals surface area contributed by atoms with E-state index in [0.29, 0.717) is 28.3 Å². The molecule has 3 aromatic rings. The number of hydrogen-bond acceptors (Lipinski definition) is 8. The first kappa shape index (κ1) is 28.0. The van der Waals surface area contributed by atoms with Crippen LogP contribution in [0.25, 0.3) is 10.9 Å². The molecule has 0 atom stereocenters. The molecule has 0 unspecified atom stereocenters. The maximum absolute atomic E-state index is 13.5. The Morgan fingerprint density at radius 2 is 1.90 bits per heavy atom. The van der Waals surface area contributed by atoms with Gasteiger partial charge in [-0.1, -0.05) is 18.2 Å². The van der Waals surface area contributed by atoms with E-state index in [9.17, 15) is 19.2 Å². The summed E-state index contributed by atoms with van der Waals surface area (Å²) in [6, 6.07) is 6.40. The van der Waals surface area contributed by atoms with E-state index >= 15 is 0 Å². The molecule has 0 aliphatic heterocycles. The van der Waals surface area contributed by atoms with Crippen molar-refractivity contribution in [3.63, 3.8) is 0 Å². The number of hydrogen-bond donors (Lipinski definition) is 3. The van der Waals surface area contributed by atoms with Gasteiger partial charge in [0.2, 0.25) is 11.8 Å². The van der Waals surface area contributed by atoms with Crippen LogP contribution in [-0.2, 0) is 20.9 Å². The maximum atomic E-state index is 13.5. The van der Waals surface area contributed by atoms with Crippen molar-refractivity contribution in [1.82, 2.24) is 30.0 Å². The molecule has 206 valence electrons. The molecule has 39 heavy (non-hydrogen) atoms. The van der Waals surface area contributed by atoms with Crippen molar-refractivity contribution in [2.24, 2.45) is 5.73 Å². The van der Waals surface area contributed by atoms with Crippen molar-refractivity contribution in [3.8, 4) is 0 Å². The molecule has 1 aliphatic carbocycles. The lowest BCUT2D eigenvalue weighted by Gasteiger charge is -2.42. The smallest absolute Gasteiger partial charge is 0.407 e. The molecule has 1 saturated carbocycles. The molecule has 4 N–H and O–H groups in total. The highest BCUT2D eigenvalue weighted by Gasteiger charge is 2.38. The molecule has 0 bridgehead atoms. The number of halogens is 1.